The van der Waals surface area contributed by atoms with E-state index in [4.69, 9.17) is 5.73 Å². The number of nitrogens with zero attached hydrogens (tertiary/aromatic N) is 2. The van der Waals surface area contributed by atoms with Gasteiger partial charge in [0.15, 0.2) is 5.69 Å². The van der Waals surface area contributed by atoms with Crippen molar-refractivity contribution in [3.05, 3.63) is 11.9 Å². The van der Waals surface area contributed by atoms with Crippen molar-refractivity contribution in [2.24, 2.45) is 12.5 Å². The second-order valence-electron chi connectivity index (χ2n) is 5.21. The molecule has 1 heterocycles. The molecule has 1 aromatic heterocycles. The number of nitrogens with one attached hydrogen (secondary N) is 1. The lowest BCUT2D eigenvalue weighted by molar-refractivity contribution is -0.0690. The summed E-state index contributed by atoms with van der Waals surface area (Å²) in [5, 5.41) is 16.5. The lowest BCUT2D eigenvalue weighted by atomic mass is 9.64. The Kier molecular flexibility index (Phi) is 2.61. The number of hydrogen-bond acceptors (Lipinski definition) is 4. The Morgan fingerprint density at radius 2 is 2.35 bits per heavy atom. The first-order chi connectivity index (χ1) is 7.82. The van der Waals surface area contributed by atoms with Crippen LogP contribution in [0.25, 0.3) is 0 Å². The summed E-state index contributed by atoms with van der Waals surface area (Å²) in [5.74, 6) is -0.284. The van der Waals surface area contributed by atoms with Gasteiger partial charge in [-0.1, -0.05) is 13.8 Å². The first kappa shape index (κ1) is 11.9. The number of carbonyl (C=O) groups is 1. The zero-order valence-electron chi connectivity index (χ0n) is 10.3. The molecule has 17 heavy (non-hydrogen) atoms. The number of amides is 1. The number of nitrogens with two attached hydrogens (primary N) is 1. The molecule has 1 aliphatic rings. The summed E-state index contributed by atoms with van der Waals surface area (Å²) in [6.45, 7) is 3.85. The molecule has 6 heteroatoms. The largest absolute Gasteiger partial charge is 0.396 e. The van der Waals surface area contributed by atoms with Crippen LogP contribution in [0.5, 0.6) is 0 Å². The number of aliphatic hydroxyl groups excluding tert-OH is 1. The van der Waals surface area contributed by atoms with Gasteiger partial charge in [-0.25, -0.2) is 0 Å². The molecule has 0 spiro atoms. The number of nitrogen functional groups attached to an aromatic ring is 1. The number of carbonyl (C=O) groups excluding carboxylic acids is 1. The van der Waals surface area contributed by atoms with Crippen molar-refractivity contribution in [2.75, 3.05) is 5.73 Å². The number of aryl methyl sites for hydroxylation is 1. The van der Waals surface area contributed by atoms with E-state index in [1.54, 1.807) is 13.2 Å². The highest BCUT2D eigenvalue weighted by Gasteiger charge is 2.48. The average molecular weight is 238 g/mol. The molecule has 1 aromatic rings. The summed E-state index contributed by atoms with van der Waals surface area (Å²) >= 11 is 0. The van der Waals surface area contributed by atoms with Crippen LogP contribution in [0, 0.1) is 5.41 Å². The summed E-state index contributed by atoms with van der Waals surface area (Å²) in [5.41, 5.74) is 5.99. The van der Waals surface area contributed by atoms with Gasteiger partial charge >= 0.3 is 0 Å². The highest BCUT2D eigenvalue weighted by molar-refractivity contribution is 5.97. The van der Waals surface area contributed by atoms with Gasteiger partial charge in [0.2, 0.25) is 0 Å². The smallest absolute Gasteiger partial charge is 0.274 e. The first-order valence-corrected chi connectivity index (χ1v) is 5.60. The fraction of sp³-hybridized carbons (Fsp3) is 0.636. The van der Waals surface area contributed by atoms with Gasteiger partial charge in [0.1, 0.15) is 0 Å². The minimum absolute atomic E-state index is 0.0357. The molecule has 0 aliphatic heterocycles. The Balaban J connectivity index is 2.06. The van der Waals surface area contributed by atoms with Crippen LogP contribution in [-0.4, -0.2) is 32.9 Å². The highest BCUT2D eigenvalue weighted by Crippen LogP contribution is 2.40. The maximum atomic E-state index is 11.9. The normalized spacial score (nSPS) is 26.4. The van der Waals surface area contributed by atoms with Gasteiger partial charge in [-0.3, -0.25) is 9.48 Å². The van der Waals surface area contributed by atoms with Crippen molar-refractivity contribution in [1.82, 2.24) is 15.1 Å². The number of anilines is 1. The van der Waals surface area contributed by atoms with Crippen LogP contribution in [0.2, 0.25) is 0 Å². The van der Waals surface area contributed by atoms with E-state index >= 15 is 0 Å². The topological polar surface area (TPSA) is 93.2 Å². The Morgan fingerprint density at radius 3 is 2.76 bits per heavy atom. The van der Waals surface area contributed by atoms with Crippen LogP contribution >= 0.6 is 0 Å². The van der Waals surface area contributed by atoms with E-state index in [0.29, 0.717) is 12.1 Å². The summed E-state index contributed by atoms with van der Waals surface area (Å²) in [6, 6.07) is -0.0357. The first-order valence-electron chi connectivity index (χ1n) is 5.60. The van der Waals surface area contributed by atoms with Crippen LogP contribution in [0.4, 0.5) is 5.69 Å². The van der Waals surface area contributed by atoms with Crippen LogP contribution in [-0.2, 0) is 7.05 Å². The molecule has 6 nitrogen and oxygen atoms in total. The van der Waals surface area contributed by atoms with Gasteiger partial charge in [-0.15, -0.1) is 0 Å². The molecule has 0 bridgehead atoms. The molecule has 2 atom stereocenters. The van der Waals surface area contributed by atoms with Gasteiger partial charge in [-0.05, 0) is 6.42 Å². The van der Waals surface area contributed by atoms with Gasteiger partial charge in [0.05, 0.1) is 11.8 Å². The van der Waals surface area contributed by atoms with Crippen molar-refractivity contribution < 1.29 is 9.90 Å². The molecular formula is C11H18N4O2. The number of hydrogen-bond donors (Lipinski definition) is 3. The molecular weight excluding hydrogens is 220 g/mol. The van der Waals surface area contributed by atoms with Gasteiger partial charge in [-0.2, -0.15) is 5.10 Å². The third-order valence-electron chi connectivity index (χ3n) is 3.59. The van der Waals surface area contributed by atoms with E-state index in [-0.39, 0.29) is 29.2 Å². The Hall–Kier alpha value is -1.56. The van der Waals surface area contributed by atoms with E-state index < -0.39 is 0 Å². The SMILES string of the molecule is Cn1cc(N)c(C(=O)NC2CC(O)C2(C)C)n1. The lowest BCUT2D eigenvalue weighted by Gasteiger charge is -2.49. The molecule has 1 saturated carbocycles. The summed E-state index contributed by atoms with van der Waals surface area (Å²) in [6.07, 6.45) is 1.80. The standard InChI is InChI=1S/C11H18N4O2/c1-11(2)7(4-8(11)16)13-10(17)9-6(12)5-15(3)14-9/h5,7-8,16H,4,12H2,1-3H3,(H,13,17). The molecule has 2 rings (SSSR count). The molecule has 0 aromatic carbocycles. The molecule has 4 N–H and O–H groups in total. The van der Waals surface area contributed by atoms with E-state index in [0.717, 1.165) is 0 Å². The molecule has 0 saturated heterocycles. The van der Waals surface area contributed by atoms with Crippen LogP contribution in [0.1, 0.15) is 30.8 Å². The third-order valence-corrected chi connectivity index (χ3v) is 3.59. The quantitative estimate of drug-likeness (QED) is 0.670. The van der Waals surface area contributed by atoms with E-state index in [1.807, 2.05) is 13.8 Å². The highest BCUT2D eigenvalue weighted by atomic mass is 16.3. The lowest BCUT2D eigenvalue weighted by Crippen LogP contribution is -2.61. The maximum absolute atomic E-state index is 11.9. The van der Waals surface area contributed by atoms with E-state index in [1.165, 1.54) is 4.68 Å². The van der Waals surface area contributed by atoms with Crippen LogP contribution in [0.15, 0.2) is 6.20 Å². The van der Waals surface area contributed by atoms with Crippen molar-refractivity contribution in [2.45, 2.75) is 32.4 Å². The van der Waals surface area contributed by atoms with Crippen molar-refractivity contribution in [1.29, 1.82) is 0 Å². The van der Waals surface area contributed by atoms with Crippen molar-refractivity contribution in [3.63, 3.8) is 0 Å². The Bertz CT molecular complexity index is 452. The molecule has 94 valence electrons. The summed E-state index contributed by atoms with van der Waals surface area (Å²) < 4.78 is 1.50. The second kappa shape index (κ2) is 3.73. The van der Waals surface area contributed by atoms with Gasteiger partial charge in [0, 0.05) is 24.7 Å². The fourth-order valence-electron chi connectivity index (χ4n) is 2.06. The van der Waals surface area contributed by atoms with Crippen LogP contribution in [0.3, 0.4) is 0 Å². The van der Waals surface area contributed by atoms with Crippen molar-refractivity contribution >= 4 is 11.6 Å². The maximum Gasteiger partial charge on any atom is 0.274 e. The zero-order valence-corrected chi connectivity index (χ0v) is 10.3. The average Bonchev–Trinajstić information content (AvgIpc) is 2.57. The minimum atomic E-state index is -0.367. The molecule has 1 amide bonds. The third kappa shape index (κ3) is 1.88. The molecule has 1 fully saturated rings. The van der Waals surface area contributed by atoms with Crippen molar-refractivity contribution in [3.8, 4) is 0 Å². The Morgan fingerprint density at radius 1 is 1.71 bits per heavy atom. The van der Waals surface area contributed by atoms with E-state index in [2.05, 4.69) is 10.4 Å². The Labute approximate surface area is 99.8 Å². The molecule has 1 aliphatic carbocycles. The summed E-state index contributed by atoms with van der Waals surface area (Å²) in [4.78, 5) is 11.9. The second-order valence-corrected chi connectivity index (χ2v) is 5.21. The van der Waals surface area contributed by atoms with E-state index in [9.17, 15) is 9.90 Å². The number of aromatic nitrogens is 2. The van der Waals surface area contributed by atoms with Gasteiger partial charge in [0.25, 0.3) is 5.91 Å². The monoisotopic (exact) mass is 238 g/mol. The molecule has 0 radical (unpaired) electrons. The predicted molar refractivity (Wildman–Crippen MR) is 63.3 cm³/mol. The minimum Gasteiger partial charge on any atom is -0.396 e. The summed E-state index contributed by atoms with van der Waals surface area (Å²) in [7, 11) is 1.71. The fourth-order valence-corrected chi connectivity index (χ4v) is 2.06. The zero-order chi connectivity index (χ0) is 12.8. The molecule has 2 unspecified atom stereocenters. The van der Waals surface area contributed by atoms with Crippen LogP contribution < -0.4 is 11.1 Å². The van der Waals surface area contributed by atoms with Gasteiger partial charge < -0.3 is 16.2 Å². The predicted octanol–water partition coefficient (Wildman–Crippen LogP) is -0.109. The number of aliphatic hydroxyl groups is 1. The number of rotatable bonds is 2.